The molecule has 36 heavy (non-hydrogen) atoms. The van der Waals surface area contributed by atoms with Crippen LogP contribution in [0.1, 0.15) is 29.7 Å². The Morgan fingerprint density at radius 1 is 1.08 bits per heavy atom. The second kappa shape index (κ2) is 10.7. The lowest BCUT2D eigenvalue weighted by molar-refractivity contribution is -0.133. The van der Waals surface area contributed by atoms with Gasteiger partial charge in [0.2, 0.25) is 5.91 Å². The number of nitrogens with zero attached hydrogens (tertiary/aromatic N) is 6. The van der Waals surface area contributed by atoms with Crippen LogP contribution in [0.2, 0.25) is 0 Å². The van der Waals surface area contributed by atoms with Crippen LogP contribution in [-0.4, -0.2) is 61.2 Å². The highest BCUT2D eigenvalue weighted by molar-refractivity contribution is 5.80. The van der Waals surface area contributed by atoms with E-state index in [1.807, 2.05) is 45.5 Å². The number of hydrogen-bond acceptors (Lipinski definition) is 4. The van der Waals surface area contributed by atoms with Gasteiger partial charge in [0.05, 0.1) is 23.1 Å². The quantitative estimate of drug-likeness (QED) is 0.378. The van der Waals surface area contributed by atoms with Gasteiger partial charge in [-0.05, 0) is 56.8 Å². The predicted octanol–water partition coefficient (Wildman–Crippen LogP) is 4.06. The average Bonchev–Trinajstić information content (AvgIpc) is 3.44. The number of carbonyl (C=O) groups excluding carboxylic acids is 1. The smallest absolute Gasteiger partial charge is 0.242 e. The first kappa shape index (κ1) is 24.3. The van der Waals surface area contributed by atoms with E-state index < -0.39 is 0 Å². The summed E-state index contributed by atoms with van der Waals surface area (Å²) in [6, 6.07) is 19.2. The number of rotatable bonds is 8. The number of likely N-dealkylation sites (N-methyl/N-ethyl adjacent to an activating group) is 1. The third-order valence-corrected chi connectivity index (χ3v) is 7.66. The number of amides is 1. The van der Waals surface area contributed by atoms with Gasteiger partial charge < -0.3 is 9.47 Å². The zero-order valence-corrected chi connectivity index (χ0v) is 21.5. The first-order chi connectivity index (χ1) is 17.5. The van der Waals surface area contributed by atoms with Gasteiger partial charge in [-0.25, -0.2) is 4.98 Å². The molecule has 0 N–H and O–H groups in total. The molecule has 3 heterocycles. The van der Waals surface area contributed by atoms with E-state index >= 15 is 0 Å². The van der Waals surface area contributed by atoms with Crippen molar-refractivity contribution in [3.63, 3.8) is 0 Å². The molecule has 1 amide bonds. The monoisotopic (exact) mass is 484 g/mol. The van der Waals surface area contributed by atoms with E-state index in [1.54, 1.807) is 6.33 Å². The minimum Gasteiger partial charge on any atom is -0.341 e. The zero-order valence-electron chi connectivity index (χ0n) is 21.5. The van der Waals surface area contributed by atoms with Gasteiger partial charge in [0.15, 0.2) is 0 Å². The molecular formula is C29H36N6O. The van der Waals surface area contributed by atoms with E-state index in [9.17, 15) is 4.79 Å². The lowest BCUT2D eigenvalue weighted by Gasteiger charge is -2.40. The Kier molecular flexibility index (Phi) is 7.18. The molecule has 7 nitrogen and oxygen atoms in total. The predicted molar refractivity (Wildman–Crippen MR) is 142 cm³/mol. The van der Waals surface area contributed by atoms with E-state index in [0.717, 1.165) is 55.6 Å². The summed E-state index contributed by atoms with van der Waals surface area (Å²) in [5.74, 6) is 0.709. The van der Waals surface area contributed by atoms with Gasteiger partial charge in [-0.1, -0.05) is 42.5 Å². The number of aryl methyl sites for hydroxylation is 2. The molecular weight excluding hydrogens is 448 g/mol. The maximum absolute atomic E-state index is 13.1. The second-order valence-corrected chi connectivity index (χ2v) is 10.2. The van der Waals surface area contributed by atoms with E-state index in [4.69, 9.17) is 0 Å². The molecule has 0 bridgehead atoms. The molecule has 188 valence electrons. The van der Waals surface area contributed by atoms with Crippen LogP contribution < -0.4 is 0 Å². The van der Waals surface area contributed by atoms with Crippen molar-refractivity contribution in [2.75, 3.05) is 20.1 Å². The highest BCUT2D eigenvalue weighted by atomic mass is 16.2. The largest absolute Gasteiger partial charge is 0.341 e. The van der Waals surface area contributed by atoms with E-state index in [1.165, 1.54) is 11.1 Å². The van der Waals surface area contributed by atoms with Crippen LogP contribution in [0.15, 0.2) is 67.1 Å². The number of likely N-dealkylation sites (tertiary alicyclic amines) is 1. The highest BCUT2D eigenvalue weighted by Crippen LogP contribution is 2.28. The molecule has 4 aromatic rings. The lowest BCUT2D eigenvalue weighted by Crippen LogP contribution is -2.47. The maximum Gasteiger partial charge on any atom is 0.242 e. The van der Waals surface area contributed by atoms with Crippen LogP contribution in [0, 0.1) is 12.8 Å². The van der Waals surface area contributed by atoms with Crippen molar-refractivity contribution in [2.24, 2.45) is 13.0 Å². The number of benzene rings is 2. The standard InChI is InChI=1S/C29H36N6O/c1-22-25(19-33(3)31-22)18-32(2)28(17-23-9-5-4-6-10-23)24-13-15-34(16-14-24)29(36)20-35-21-30-26-11-7-8-12-27(26)35/h4-12,19,21,24,28H,13-18,20H2,1-3H3. The van der Waals surface area contributed by atoms with Crippen molar-refractivity contribution in [3.05, 3.63) is 83.9 Å². The zero-order chi connectivity index (χ0) is 25.1. The van der Waals surface area contributed by atoms with Gasteiger partial charge >= 0.3 is 0 Å². The number of aromatic nitrogens is 4. The summed E-state index contributed by atoms with van der Waals surface area (Å²) in [5, 5.41) is 4.54. The topological polar surface area (TPSA) is 59.2 Å². The van der Waals surface area contributed by atoms with Gasteiger partial charge in [0.25, 0.3) is 0 Å². The molecule has 1 saturated heterocycles. The first-order valence-electron chi connectivity index (χ1n) is 12.9. The molecule has 1 aliphatic heterocycles. The number of imidazole rings is 1. The Hall–Kier alpha value is -3.45. The number of para-hydroxylation sites is 2. The Balaban J connectivity index is 1.25. The molecule has 0 aliphatic carbocycles. The summed E-state index contributed by atoms with van der Waals surface area (Å²) >= 11 is 0. The number of piperidine rings is 1. The lowest BCUT2D eigenvalue weighted by atomic mass is 9.84. The third-order valence-electron chi connectivity index (χ3n) is 7.66. The van der Waals surface area contributed by atoms with E-state index in [-0.39, 0.29) is 5.91 Å². The van der Waals surface area contributed by atoms with Crippen LogP contribution in [-0.2, 0) is 31.4 Å². The van der Waals surface area contributed by atoms with E-state index in [2.05, 4.69) is 65.5 Å². The van der Waals surface area contributed by atoms with Gasteiger partial charge in [-0.3, -0.25) is 14.4 Å². The molecule has 1 atom stereocenters. The third kappa shape index (κ3) is 5.36. The fraction of sp³-hybridized carbons (Fsp3) is 0.414. The molecule has 1 fully saturated rings. The minimum absolute atomic E-state index is 0.176. The molecule has 0 radical (unpaired) electrons. The Morgan fingerprint density at radius 3 is 2.53 bits per heavy atom. The van der Waals surface area contributed by atoms with E-state index in [0.29, 0.717) is 18.5 Å². The normalized spacial score (nSPS) is 15.6. The Morgan fingerprint density at radius 2 is 1.81 bits per heavy atom. The number of fused-ring (bicyclic) bond motifs is 1. The second-order valence-electron chi connectivity index (χ2n) is 10.2. The van der Waals surface area contributed by atoms with Crippen LogP contribution in [0.5, 0.6) is 0 Å². The minimum atomic E-state index is 0.176. The van der Waals surface area contributed by atoms with Gasteiger partial charge in [-0.2, -0.15) is 5.10 Å². The molecule has 2 aromatic carbocycles. The summed E-state index contributed by atoms with van der Waals surface area (Å²) < 4.78 is 3.87. The summed E-state index contributed by atoms with van der Waals surface area (Å²) in [5.41, 5.74) is 5.67. The van der Waals surface area contributed by atoms with Crippen LogP contribution in [0.3, 0.4) is 0 Å². The number of hydrogen-bond donors (Lipinski definition) is 0. The van der Waals surface area contributed by atoms with Gasteiger partial charge in [0.1, 0.15) is 6.54 Å². The molecule has 7 heteroatoms. The maximum atomic E-state index is 13.1. The molecule has 0 spiro atoms. The average molecular weight is 485 g/mol. The first-order valence-corrected chi connectivity index (χ1v) is 12.9. The van der Waals surface area contributed by atoms with Crippen molar-refractivity contribution in [1.29, 1.82) is 0 Å². The van der Waals surface area contributed by atoms with Gasteiger partial charge in [-0.15, -0.1) is 0 Å². The molecule has 0 saturated carbocycles. The highest BCUT2D eigenvalue weighted by Gasteiger charge is 2.31. The molecule has 1 unspecified atom stereocenters. The van der Waals surface area contributed by atoms with Crippen LogP contribution in [0.25, 0.3) is 11.0 Å². The van der Waals surface area contributed by atoms with Gasteiger partial charge in [0, 0.05) is 44.5 Å². The van der Waals surface area contributed by atoms with Crippen molar-refractivity contribution in [1.82, 2.24) is 29.1 Å². The van der Waals surface area contributed by atoms with Crippen molar-refractivity contribution >= 4 is 16.9 Å². The summed E-state index contributed by atoms with van der Waals surface area (Å²) in [6.45, 7) is 4.92. The fourth-order valence-electron chi connectivity index (χ4n) is 5.64. The summed E-state index contributed by atoms with van der Waals surface area (Å²) in [7, 11) is 4.22. The molecule has 2 aromatic heterocycles. The fourth-order valence-corrected chi connectivity index (χ4v) is 5.64. The van der Waals surface area contributed by atoms with Crippen LogP contribution in [0.4, 0.5) is 0 Å². The summed E-state index contributed by atoms with van der Waals surface area (Å²) in [4.78, 5) is 22.1. The Bertz CT molecular complexity index is 1300. The van der Waals surface area contributed by atoms with Crippen molar-refractivity contribution in [3.8, 4) is 0 Å². The molecule has 5 rings (SSSR count). The molecule has 1 aliphatic rings. The Labute approximate surface area is 213 Å². The van der Waals surface area contributed by atoms with Crippen molar-refractivity contribution in [2.45, 2.75) is 45.3 Å². The SMILES string of the molecule is Cc1nn(C)cc1CN(C)C(Cc1ccccc1)C1CCN(C(=O)Cn2cnc3ccccc32)CC1. The van der Waals surface area contributed by atoms with Crippen LogP contribution >= 0.6 is 0 Å². The van der Waals surface area contributed by atoms with Crippen molar-refractivity contribution < 1.29 is 4.79 Å². The summed E-state index contributed by atoms with van der Waals surface area (Å²) in [6.07, 6.45) is 6.96. The number of carbonyl (C=O) groups is 1.